The molecule has 0 saturated heterocycles. The van der Waals surface area contributed by atoms with Crippen LogP contribution in [0.2, 0.25) is 0 Å². The topological polar surface area (TPSA) is 63.7 Å². The molecule has 3 rings (SSSR count). The fourth-order valence-corrected chi connectivity index (χ4v) is 2.74. The van der Waals surface area contributed by atoms with Crippen molar-refractivity contribution in [2.24, 2.45) is 0 Å². The van der Waals surface area contributed by atoms with Gasteiger partial charge in [-0.15, -0.1) is 0 Å². The molecule has 25 heavy (non-hydrogen) atoms. The van der Waals surface area contributed by atoms with Crippen LogP contribution in [0.4, 0.5) is 11.5 Å². The molecule has 1 atom stereocenters. The minimum Gasteiger partial charge on any atom is -0.495 e. The number of anilines is 1. The van der Waals surface area contributed by atoms with Gasteiger partial charge >= 0.3 is 0 Å². The van der Waals surface area contributed by atoms with E-state index in [-0.39, 0.29) is 0 Å². The van der Waals surface area contributed by atoms with Crippen LogP contribution in [0.1, 0.15) is 18.5 Å². The Labute approximate surface area is 148 Å². The van der Waals surface area contributed by atoms with E-state index < -0.39 is 0 Å². The predicted octanol–water partition coefficient (Wildman–Crippen LogP) is 3.15. The Morgan fingerprint density at radius 2 is 1.84 bits per heavy atom. The van der Waals surface area contributed by atoms with Crippen LogP contribution in [0.3, 0.4) is 0 Å². The highest BCUT2D eigenvalue weighted by atomic mass is 16.5. The Kier molecular flexibility index (Phi) is 5.26. The van der Waals surface area contributed by atoms with E-state index in [1.165, 1.54) is 5.56 Å². The van der Waals surface area contributed by atoms with Gasteiger partial charge in [0.1, 0.15) is 18.0 Å². The van der Waals surface area contributed by atoms with Crippen molar-refractivity contribution in [1.82, 2.24) is 9.97 Å². The molecule has 0 radical (unpaired) electrons. The van der Waals surface area contributed by atoms with Gasteiger partial charge in [0.2, 0.25) is 5.82 Å². The van der Waals surface area contributed by atoms with E-state index in [9.17, 15) is 0 Å². The smallest absolute Gasteiger partial charge is 0.243 e. The zero-order valence-corrected chi connectivity index (χ0v) is 14.7. The van der Waals surface area contributed by atoms with Crippen molar-refractivity contribution in [2.45, 2.75) is 13.0 Å². The molecule has 0 saturated carbocycles. The van der Waals surface area contributed by atoms with Crippen molar-refractivity contribution in [3.63, 3.8) is 0 Å². The van der Waals surface area contributed by atoms with Crippen molar-refractivity contribution in [1.29, 1.82) is 0 Å². The van der Waals surface area contributed by atoms with Gasteiger partial charge in [0.05, 0.1) is 24.7 Å². The number of quaternary nitrogens is 1. The van der Waals surface area contributed by atoms with Crippen LogP contribution in [0.5, 0.6) is 5.75 Å². The second kappa shape index (κ2) is 7.77. The highest BCUT2D eigenvalue weighted by Crippen LogP contribution is 2.29. The van der Waals surface area contributed by atoms with Crippen LogP contribution in [0, 0.1) is 0 Å². The number of rotatable bonds is 6. The van der Waals surface area contributed by atoms with Crippen molar-refractivity contribution < 1.29 is 10.1 Å². The summed E-state index contributed by atoms with van der Waals surface area (Å²) in [5.41, 5.74) is 4.03. The fourth-order valence-electron chi connectivity index (χ4n) is 2.74. The summed E-state index contributed by atoms with van der Waals surface area (Å²) in [6.07, 6.45) is 3.63. The van der Waals surface area contributed by atoms with Crippen LogP contribution >= 0.6 is 0 Å². The minimum absolute atomic E-state index is 0.290. The zero-order chi connectivity index (χ0) is 17.6. The van der Waals surface area contributed by atoms with Gasteiger partial charge in [-0.1, -0.05) is 30.3 Å². The summed E-state index contributed by atoms with van der Waals surface area (Å²) < 4.78 is 5.33. The molecule has 2 aromatic carbocycles. The van der Waals surface area contributed by atoms with E-state index in [2.05, 4.69) is 51.8 Å². The quantitative estimate of drug-likeness (QED) is 0.726. The Morgan fingerprint density at radius 3 is 2.48 bits per heavy atom. The molecule has 5 nitrogen and oxygen atoms in total. The largest absolute Gasteiger partial charge is 0.495 e. The molecule has 1 heterocycles. The summed E-state index contributed by atoms with van der Waals surface area (Å²) in [7, 11) is 3.53. The first kappa shape index (κ1) is 16.9. The number of benzene rings is 2. The van der Waals surface area contributed by atoms with E-state index in [1.807, 2.05) is 43.7 Å². The summed E-state index contributed by atoms with van der Waals surface area (Å²) >= 11 is 0. The number of aromatic nitrogens is 2. The Bertz CT molecular complexity index is 819. The van der Waals surface area contributed by atoms with Crippen LogP contribution < -0.4 is 15.4 Å². The zero-order valence-electron chi connectivity index (χ0n) is 14.7. The molecule has 0 unspecified atom stereocenters. The van der Waals surface area contributed by atoms with E-state index in [0.29, 0.717) is 6.04 Å². The van der Waals surface area contributed by atoms with E-state index in [4.69, 9.17) is 4.74 Å². The molecule has 5 heteroatoms. The molecule has 0 amide bonds. The molecule has 0 aliphatic carbocycles. The first-order chi connectivity index (χ1) is 12.2. The van der Waals surface area contributed by atoms with E-state index in [1.54, 1.807) is 7.11 Å². The maximum absolute atomic E-state index is 5.33. The number of hydrogen-bond donors (Lipinski definition) is 2. The average Bonchev–Trinajstić information content (AvgIpc) is 2.68. The van der Waals surface area contributed by atoms with Crippen LogP contribution in [0.25, 0.3) is 11.3 Å². The first-order valence-electron chi connectivity index (χ1n) is 8.29. The normalized spacial score (nSPS) is 11.8. The van der Waals surface area contributed by atoms with E-state index >= 15 is 0 Å². The van der Waals surface area contributed by atoms with Gasteiger partial charge < -0.3 is 10.1 Å². The maximum Gasteiger partial charge on any atom is 0.243 e. The standard InChI is InChI=1S/C20H22N4O/c1-14(15-7-5-4-6-8-15)24-20-13-22-18(12-23-20)16-9-10-19(25-3)17(11-16)21-2/h4-14,21H,1-3H3,(H,23,24)/p+1/t14-/m1/s1. The lowest BCUT2D eigenvalue weighted by Crippen LogP contribution is -2.79. The molecule has 1 aromatic heterocycles. The van der Waals surface area contributed by atoms with E-state index in [0.717, 1.165) is 28.5 Å². The third-order valence-electron chi connectivity index (χ3n) is 4.18. The maximum atomic E-state index is 5.33. The molecule has 0 spiro atoms. The second-order valence-electron chi connectivity index (χ2n) is 5.86. The first-order valence-corrected chi connectivity index (χ1v) is 8.29. The van der Waals surface area contributed by atoms with Crippen LogP contribution in [-0.2, 0) is 0 Å². The lowest BCUT2D eigenvalue weighted by atomic mass is 10.1. The third kappa shape index (κ3) is 3.95. The highest BCUT2D eigenvalue weighted by molar-refractivity contribution is 5.69. The number of methoxy groups -OCH3 is 1. The second-order valence-corrected chi connectivity index (χ2v) is 5.86. The molecule has 0 aliphatic heterocycles. The lowest BCUT2D eigenvalue weighted by Gasteiger charge is -2.11. The third-order valence-corrected chi connectivity index (χ3v) is 4.18. The Balaban J connectivity index is 1.76. The fraction of sp³-hybridized carbons (Fsp3) is 0.200. The van der Waals surface area contributed by atoms with Crippen LogP contribution in [-0.4, -0.2) is 24.1 Å². The average molecular weight is 335 g/mol. The van der Waals surface area contributed by atoms with Gasteiger partial charge in [0.25, 0.3) is 0 Å². The molecule has 3 aromatic rings. The van der Waals surface area contributed by atoms with Gasteiger partial charge in [-0.25, -0.2) is 9.97 Å². The number of nitrogens with two attached hydrogens (primary N) is 1. The number of nitrogens with zero attached hydrogens (tertiary/aromatic N) is 2. The van der Waals surface area contributed by atoms with Gasteiger partial charge in [0, 0.05) is 18.2 Å². The Morgan fingerprint density at radius 1 is 1.04 bits per heavy atom. The van der Waals surface area contributed by atoms with Gasteiger partial charge in [-0.05, 0) is 25.1 Å². The predicted molar refractivity (Wildman–Crippen MR) is 100 cm³/mol. The van der Waals surface area contributed by atoms with Gasteiger partial charge in [-0.3, -0.25) is 5.32 Å². The summed E-state index contributed by atoms with van der Waals surface area (Å²) in [4.78, 5) is 9.11. The molecule has 0 aliphatic rings. The van der Waals surface area contributed by atoms with Crippen molar-refractivity contribution in [3.05, 3.63) is 66.5 Å². The molecular formula is C20H23N4O+. The monoisotopic (exact) mass is 335 g/mol. The molecule has 3 N–H and O–H groups in total. The Hall–Kier alpha value is -2.92. The molecule has 0 fully saturated rings. The molecule has 0 bridgehead atoms. The SMILES string of the molecule is CNc1cc(-c2cnc([NH2+][C@H](C)c3ccccc3)cn2)ccc1OC. The summed E-state index contributed by atoms with van der Waals surface area (Å²) in [6.45, 7) is 2.16. The van der Waals surface area contributed by atoms with Crippen molar-refractivity contribution >= 4 is 11.5 Å². The van der Waals surface area contributed by atoms with Crippen molar-refractivity contribution in [3.8, 4) is 17.0 Å². The van der Waals surface area contributed by atoms with Gasteiger partial charge in [0.15, 0.2) is 0 Å². The molecular weight excluding hydrogens is 312 g/mol. The summed E-state index contributed by atoms with van der Waals surface area (Å²) in [5, 5.41) is 5.26. The minimum atomic E-state index is 0.290. The van der Waals surface area contributed by atoms with Gasteiger partial charge in [-0.2, -0.15) is 0 Å². The number of hydrogen-bond acceptors (Lipinski definition) is 4. The molecule has 128 valence electrons. The lowest BCUT2D eigenvalue weighted by molar-refractivity contribution is -0.617. The highest BCUT2D eigenvalue weighted by Gasteiger charge is 2.12. The summed E-state index contributed by atoms with van der Waals surface area (Å²) in [5.74, 6) is 1.68. The summed E-state index contributed by atoms with van der Waals surface area (Å²) in [6, 6.07) is 16.6. The van der Waals surface area contributed by atoms with Crippen LogP contribution in [0.15, 0.2) is 60.9 Å². The number of ether oxygens (including phenoxy) is 1. The van der Waals surface area contributed by atoms with Crippen molar-refractivity contribution in [2.75, 3.05) is 19.5 Å². The number of nitrogens with one attached hydrogen (secondary N) is 1.